The van der Waals surface area contributed by atoms with Crippen LogP contribution in [0, 0.1) is 0 Å². The average molecular weight is 1490 g/mol. The summed E-state index contributed by atoms with van der Waals surface area (Å²) in [4.78, 5) is 5.37. The summed E-state index contributed by atoms with van der Waals surface area (Å²) in [6.07, 6.45) is 0. The SMILES string of the molecule is CC(C)(C)c1cc(-c2ccccc2)cc(N2c3ccc([Si](c4ccccc4)(c4ccccc4)c4ccccc4)cc3B3c4cc([Si](c5ccccc5)(c5ccccc5)c5ccccc5)ccc4N(c4ccc([Si](c5ccccc5)(c5ccccc5)c5ccccc5)cc4)c4cc(-n5c6ccccc6c6ccccc65)cc2c43)c1. The van der Waals surface area contributed by atoms with Gasteiger partial charge in [0.15, 0.2) is 24.2 Å². The van der Waals surface area contributed by atoms with Gasteiger partial charge in [0.25, 0.3) is 6.71 Å². The third kappa shape index (κ3) is 11.3. The number of hydrogen-bond donors (Lipinski definition) is 0. The first-order valence-corrected chi connectivity index (χ1v) is 45.6. The van der Waals surface area contributed by atoms with Gasteiger partial charge in [-0.2, -0.15) is 0 Å². The quantitative estimate of drug-likeness (QED) is 0.0706. The molecule has 2 aliphatic heterocycles. The minimum Gasteiger partial charge on any atom is -0.311 e. The molecule has 3 heterocycles. The van der Waals surface area contributed by atoms with E-state index in [1.165, 1.54) is 106 Å². The molecule has 0 spiro atoms. The molecule has 0 aliphatic carbocycles. The molecule has 20 rings (SSSR count). The Morgan fingerprint density at radius 2 is 0.513 bits per heavy atom. The lowest BCUT2D eigenvalue weighted by atomic mass is 9.33. The van der Waals surface area contributed by atoms with Crippen LogP contribution in [0.3, 0.4) is 0 Å². The number of nitrogens with zero attached hydrogens (tertiary/aromatic N) is 3. The van der Waals surface area contributed by atoms with Crippen LogP contribution >= 0.6 is 0 Å². The Labute approximate surface area is 666 Å². The minimum atomic E-state index is -3.23. The summed E-state index contributed by atoms with van der Waals surface area (Å²) in [5, 5.41) is 18.4. The molecule has 1 aromatic heterocycles. The molecule has 17 aromatic carbocycles. The van der Waals surface area contributed by atoms with Gasteiger partial charge in [-0.05, 0) is 161 Å². The molecule has 18 aromatic rings. The number of aromatic nitrogens is 1. The maximum atomic E-state index is 2.71. The van der Waals surface area contributed by atoms with Crippen LogP contribution in [0.4, 0.5) is 34.1 Å². The Kier molecular flexibility index (Phi) is 17.3. The highest BCUT2D eigenvalue weighted by atomic mass is 28.3. The zero-order valence-electron chi connectivity index (χ0n) is 63.6. The van der Waals surface area contributed by atoms with E-state index >= 15 is 0 Å². The summed E-state index contributed by atoms with van der Waals surface area (Å²) in [6.45, 7) is 6.78. The molecule has 0 fully saturated rings. The fourth-order valence-corrected chi connectivity index (χ4v) is 33.7. The van der Waals surface area contributed by atoms with E-state index < -0.39 is 24.2 Å². The highest BCUT2D eigenvalue weighted by Gasteiger charge is 2.50. The highest BCUT2D eigenvalue weighted by Crippen LogP contribution is 2.48. The Balaban J connectivity index is 0.960. The van der Waals surface area contributed by atoms with Crippen molar-refractivity contribution in [3.63, 3.8) is 0 Å². The molecule has 7 heteroatoms. The van der Waals surface area contributed by atoms with Gasteiger partial charge in [0, 0.05) is 44.9 Å². The first-order chi connectivity index (χ1) is 55.7. The van der Waals surface area contributed by atoms with Gasteiger partial charge in [-0.25, -0.2) is 0 Å². The predicted molar refractivity (Wildman–Crippen MR) is 490 cm³/mol. The molecule has 0 radical (unpaired) electrons. The molecule has 0 bridgehead atoms. The number of hydrogen-bond acceptors (Lipinski definition) is 2. The van der Waals surface area contributed by atoms with Crippen molar-refractivity contribution in [2.24, 2.45) is 0 Å². The Morgan fingerprint density at radius 1 is 0.221 bits per heavy atom. The third-order valence-corrected chi connectivity index (χ3v) is 38.7. The lowest BCUT2D eigenvalue weighted by Crippen LogP contribution is -2.76. The molecule has 3 nitrogen and oxygen atoms in total. The van der Waals surface area contributed by atoms with Gasteiger partial charge in [-0.1, -0.05) is 403 Å². The first kappa shape index (κ1) is 69.1. The van der Waals surface area contributed by atoms with Crippen molar-refractivity contribution in [3.05, 3.63) is 448 Å². The van der Waals surface area contributed by atoms with Gasteiger partial charge in [0.2, 0.25) is 0 Å². The maximum Gasteiger partial charge on any atom is 0.252 e. The normalized spacial score (nSPS) is 12.7. The summed E-state index contributed by atoms with van der Waals surface area (Å²) in [6, 6.07) is 170. The molecule has 0 saturated heterocycles. The van der Waals surface area contributed by atoms with Crippen molar-refractivity contribution in [2.75, 3.05) is 9.80 Å². The van der Waals surface area contributed by atoms with Crippen LogP contribution in [-0.2, 0) is 5.41 Å². The number of fused-ring (bicyclic) bond motifs is 7. The number of rotatable bonds is 16. The van der Waals surface area contributed by atoms with Crippen LogP contribution in [0.25, 0.3) is 38.6 Å². The smallest absolute Gasteiger partial charge is 0.252 e. The van der Waals surface area contributed by atoms with Crippen LogP contribution in [0.15, 0.2) is 443 Å². The van der Waals surface area contributed by atoms with E-state index in [0.717, 1.165) is 50.8 Å². The van der Waals surface area contributed by atoms with Gasteiger partial charge < -0.3 is 14.4 Å². The lowest BCUT2D eigenvalue weighted by molar-refractivity contribution is 0.590. The molecule has 0 N–H and O–H groups in total. The second-order valence-corrected chi connectivity index (χ2v) is 42.8. The summed E-state index contributed by atoms with van der Waals surface area (Å²) < 4.78 is 2.55. The Bertz CT molecular complexity index is 6170. The molecule has 0 unspecified atom stereocenters. The van der Waals surface area contributed by atoms with Crippen molar-refractivity contribution in [1.82, 2.24) is 4.57 Å². The van der Waals surface area contributed by atoms with Gasteiger partial charge in [-0.3, -0.25) is 0 Å². The minimum absolute atomic E-state index is 0.228. The van der Waals surface area contributed by atoms with Crippen molar-refractivity contribution in [3.8, 4) is 16.8 Å². The maximum absolute atomic E-state index is 3.23. The number of benzene rings is 17. The predicted octanol–water partition coefficient (Wildman–Crippen LogP) is 16.0. The van der Waals surface area contributed by atoms with E-state index in [0.29, 0.717) is 0 Å². The Morgan fingerprint density at radius 3 is 0.858 bits per heavy atom. The van der Waals surface area contributed by atoms with Crippen molar-refractivity contribution in [2.45, 2.75) is 26.2 Å². The average Bonchev–Trinajstić information content (AvgIpc) is 1.67. The molecular formula is C106H82BN3Si3. The second-order valence-electron chi connectivity index (χ2n) is 31.4. The first-order valence-electron chi connectivity index (χ1n) is 39.6. The fraction of sp³-hybridized carbons (Fsp3) is 0.0377. The van der Waals surface area contributed by atoms with Crippen LogP contribution in [0.5, 0.6) is 0 Å². The Hall–Kier alpha value is -13.1. The number of anilines is 6. The van der Waals surface area contributed by atoms with Crippen molar-refractivity contribution in [1.29, 1.82) is 0 Å². The largest absolute Gasteiger partial charge is 0.311 e. The van der Waals surface area contributed by atoms with Crippen LogP contribution in [-0.4, -0.2) is 35.5 Å². The highest BCUT2D eigenvalue weighted by molar-refractivity contribution is 7.21. The van der Waals surface area contributed by atoms with E-state index in [1.807, 2.05) is 0 Å². The van der Waals surface area contributed by atoms with Gasteiger partial charge in [0.05, 0.1) is 16.7 Å². The zero-order chi connectivity index (χ0) is 75.7. The second kappa shape index (κ2) is 28.3. The monoisotopic (exact) mass is 1490 g/mol. The summed E-state index contributed by atoms with van der Waals surface area (Å²) >= 11 is 0. The van der Waals surface area contributed by atoms with E-state index in [2.05, 4.69) is 478 Å². The molecule has 0 amide bonds. The summed E-state index contributed by atoms with van der Waals surface area (Å²) in [7, 11) is -9.45. The van der Waals surface area contributed by atoms with Gasteiger partial charge >= 0.3 is 0 Å². The summed E-state index contributed by atoms with van der Waals surface area (Å²) in [5.41, 5.74) is 17.2. The lowest BCUT2D eigenvalue weighted by Gasteiger charge is -2.46. The van der Waals surface area contributed by atoms with E-state index in [-0.39, 0.29) is 12.1 Å². The molecule has 0 saturated carbocycles. The molecule has 536 valence electrons. The molecule has 113 heavy (non-hydrogen) atoms. The van der Waals surface area contributed by atoms with Gasteiger partial charge in [0.1, 0.15) is 0 Å². The molecule has 2 aliphatic rings. The van der Waals surface area contributed by atoms with Crippen molar-refractivity contribution < 1.29 is 0 Å². The molecular weight excluding hydrogens is 1410 g/mol. The van der Waals surface area contributed by atoms with E-state index in [4.69, 9.17) is 0 Å². The van der Waals surface area contributed by atoms with Crippen LogP contribution in [0.2, 0.25) is 0 Å². The standard InChI is InChI=1S/C106H82BN3Si3/c1-106(2,3)79-70-78(77-38-14-4-15-39-77)71-81(72-79)110-102-69-67-94(113(89-52-28-11-29-53-89,90-54-30-12-31-55-90)91-56-32-13-33-57-91)76-98(102)107-97-75-93(112(86-46-22-8-23-47-86,87-48-24-9-25-49-87)88-50-26-10-27-51-88)66-68-101(97)108(103-73-82(74-104(110)105(103)107)109-99-60-36-34-58-95(99)96-59-35-37-61-100(96)109)80-62-64-92(65-63-80)111(83-40-16-5-17-41-83,84-42-18-6-19-43-84)85-44-20-7-21-45-85/h4-76H,1-3H3. The topological polar surface area (TPSA) is 11.4 Å². The van der Waals surface area contributed by atoms with Crippen LogP contribution in [0.1, 0.15) is 26.3 Å². The van der Waals surface area contributed by atoms with E-state index in [1.54, 1.807) is 0 Å². The fourth-order valence-electron chi connectivity index (χ4n) is 19.4. The third-order valence-electron chi connectivity index (χ3n) is 24.3. The van der Waals surface area contributed by atoms with Crippen molar-refractivity contribution >= 4 is 165 Å². The van der Waals surface area contributed by atoms with Crippen LogP contribution < -0.4 is 88.4 Å². The zero-order valence-corrected chi connectivity index (χ0v) is 66.6. The van der Waals surface area contributed by atoms with E-state index in [9.17, 15) is 0 Å². The summed E-state index contributed by atoms with van der Waals surface area (Å²) in [5.74, 6) is 0. The van der Waals surface area contributed by atoms with Gasteiger partial charge in [-0.15, -0.1) is 0 Å². The molecule has 0 atom stereocenters. The number of para-hydroxylation sites is 2.